The minimum atomic E-state index is -3.75. The molecule has 1 aliphatic heterocycles. The van der Waals surface area contributed by atoms with E-state index in [9.17, 15) is 13.2 Å². The molecular weight excluding hydrogens is 416 g/mol. The maximum absolute atomic E-state index is 13.6. The minimum Gasteiger partial charge on any atom is -0.488 e. The van der Waals surface area contributed by atoms with E-state index in [0.717, 1.165) is 32.1 Å². The second-order valence-corrected chi connectivity index (χ2v) is 10.2. The predicted octanol–water partition coefficient (Wildman–Crippen LogP) is 2.96. The molecule has 0 bridgehead atoms. The standard InChI is InChI=1S/C22H30N4O4S/c1-16-23-15-21(24-16)31(28,29)26-14-8-7-13-25(2)22(27)17-9-3-5-11-19(17)30-20-12-6-4-10-18(20)26/h3,5,9,11,15,18,20H,4,6-8,10,12-14H2,1-2H3,(H,23,24)/t18-,20+/m1/s1. The number of hydrogen-bond acceptors (Lipinski definition) is 5. The maximum Gasteiger partial charge on any atom is 0.260 e. The van der Waals surface area contributed by atoms with Crippen LogP contribution >= 0.6 is 0 Å². The first-order valence-corrected chi connectivity index (χ1v) is 12.4. The molecule has 31 heavy (non-hydrogen) atoms. The average molecular weight is 447 g/mol. The lowest BCUT2D eigenvalue weighted by molar-refractivity contribution is 0.0657. The Labute approximate surface area is 183 Å². The van der Waals surface area contributed by atoms with Gasteiger partial charge in [0.05, 0.1) is 17.8 Å². The second-order valence-electron chi connectivity index (χ2n) is 8.39. The number of nitrogens with zero attached hydrogens (tertiary/aromatic N) is 3. The van der Waals surface area contributed by atoms with Crippen LogP contribution in [0.5, 0.6) is 5.75 Å². The van der Waals surface area contributed by atoms with E-state index in [2.05, 4.69) is 9.97 Å². The molecule has 2 heterocycles. The van der Waals surface area contributed by atoms with Crippen LogP contribution in [0.1, 0.15) is 54.7 Å². The van der Waals surface area contributed by atoms with Gasteiger partial charge < -0.3 is 14.6 Å². The largest absolute Gasteiger partial charge is 0.488 e. The summed E-state index contributed by atoms with van der Waals surface area (Å²) in [6, 6.07) is 6.96. The number of benzene rings is 1. The van der Waals surface area contributed by atoms with Crippen LogP contribution in [-0.2, 0) is 10.0 Å². The van der Waals surface area contributed by atoms with Crippen molar-refractivity contribution < 1.29 is 17.9 Å². The lowest BCUT2D eigenvalue weighted by Crippen LogP contribution is -2.51. The van der Waals surface area contributed by atoms with Crippen molar-refractivity contribution in [2.75, 3.05) is 20.1 Å². The summed E-state index contributed by atoms with van der Waals surface area (Å²) in [4.78, 5) is 21.6. The molecule has 1 aliphatic carbocycles. The number of para-hydroxylation sites is 1. The number of nitrogens with one attached hydrogen (secondary N) is 1. The Bertz CT molecular complexity index is 1040. The zero-order chi connectivity index (χ0) is 22.0. The average Bonchev–Trinajstić information content (AvgIpc) is 3.20. The lowest BCUT2D eigenvalue weighted by atomic mass is 9.92. The summed E-state index contributed by atoms with van der Waals surface area (Å²) in [5.74, 6) is 1.02. The second kappa shape index (κ2) is 9.00. The number of fused-ring (bicyclic) bond motifs is 2. The highest BCUT2D eigenvalue weighted by Gasteiger charge is 2.40. The number of aryl methyl sites for hydroxylation is 1. The number of sulfonamides is 1. The van der Waals surface area contributed by atoms with Crippen LogP contribution in [0.4, 0.5) is 0 Å². The van der Waals surface area contributed by atoms with Gasteiger partial charge in [-0.15, -0.1) is 0 Å². The molecule has 1 aromatic heterocycles. The summed E-state index contributed by atoms with van der Waals surface area (Å²) in [5, 5.41) is 0.120. The van der Waals surface area contributed by atoms with Gasteiger partial charge in [-0.2, -0.15) is 4.31 Å². The van der Waals surface area contributed by atoms with E-state index in [-0.39, 0.29) is 23.1 Å². The molecule has 8 nitrogen and oxygen atoms in total. The van der Waals surface area contributed by atoms with E-state index in [1.165, 1.54) is 6.20 Å². The summed E-state index contributed by atoms with van der Waals surface area (Å²) < 4.78 is 35.1. The molecule has 0 spiro atoms. The summed E-state index contributed by atoms with van der Waals surface area (Å²) in [5.41, 5.74) is 0.522. The highest BCUT2D eigenvalue weighted by Crippen LogP contribution is 2.33. The number of ether oxygens (including phenoxy) is 1. The van der Waals surface area contributed by atoms with Crippen LogP contribution in [0.25, 0.3) is 0 Å². The summed E-state index contributed by atoms with van der Waals surface area (Å²) in [7, 11) is -1.97. The van der Waals surface area contributed by atoms with Gasteiger partial charge in [-0.05, 0) is 51.2 Å². The summed E-state index contributed by atoms with van der Waals surface area (Å²) in [6.07, 6.45) is 5.85. The van der Waals surface area contributed by atoms with Crippen LogP contribution in [0.15, 0.2) is 35.5 Å². The molecule has 2 aromatic rings. The smallest absolute Gasteiger partial charge is 0.260 e. The molecular formula is C22H30N4O4S. The highest BCUT2D eigenvalue weighted by molar-refractivity contribution is 7.89. The molecule has 0 radical (unpaired) electrons. The van der Waals surface area contributed by atoms with Crippen molar-refractivity contribution in [1.29, 1.82) is 0 Å². The van der Waals surface area contributed by atoms with Crippen LogP contribution in [0, 0.1) is 6.92 Å². The SMILES string of the molecule is Cc1ncc(S(=O)(=O)N2CCCCN(C)C(=O)c3ccccc3O[C@H]3CCCC[C@H]32)[nH]1. The Hall–Kier alpha value is -2.39. The Morgan fingerprint density at radius 1 is 1.10 bits per heavy atom. The molecule has 1 amide bonds. The molecule has 1 N–H and O–H groups in total. The molecule has 1 saturated carbocycles. The number of hydrogen-bond donors (Lipinski definition) is 1. The summed E-state index contributed by atoms with van der Waals surface area (Å²) in [6.45, 7) is 2.68. The number of rotatable bonds is 2. The van der Waals surface area contributed by atoms with Crippen LogP contribution in [0.3, 0.4) is 0 Å². The van der Waals surface area contributed by atoms with Crippen molar-refractivity contribution in [2.24, 2.45) is 0 Å². The van der Waals surface area contributed by atoms with Crippen LogP contribution in [-0.4, -0.2) is 65.8 Å². The number of amides is 1. The van der Waals surface area contributed by atoms with Crippen molar-refractivity contribution in [1.82, 2.24) is 19.2 Å². The topological polar surface area (TPSA) is 95.6 Å². The van der Waals surface area contributed by atoms with Gasteiger partial charge in [0.2, 0.25) is 0 Å². The molecule has 0 unspecified atom stereocenters. The fraction of sp³-hybridized carbons (Fsp3) is 0.545. The number of aromatic amines is 1. The van der Waals surface area contributed by atoms with Crippen molar-refractivity contribution in [2.45, 2.75) is 62.6 Å². The quantitative estimate of drug-likeness (QED) is 0.765. The third-order valence-electron chi connectivity index (χ3n) is 6.17. The van der Waals surface area contributed by atoms with Gasteiger partial charge in [0, 0.05) is 20.1 Å². The van der Waals surface area contributed by atoms with Gasteiger partial charge in [-0.1, -0.05) is 18.6 Å². The van der Waals surface area contributed by atoms with Crippen LogP contribution < -0.4 is 4.74 Å². The van der Waals surface area contributed by atoms with Gasteiger partial charge in [-0.3, -0.25) is 4.79 Å². The first-order valence-electron chi connectivity index (χ1n) is 10.9. The Morgan fingerprint density at radius 2 is 1.84 bits per heavy atom. The van der Waals surface area contributed by atoms with Crippen LogP contribution in [0.2, 0.25) is 0 Å². The minimum absolute atomic E-state index is 0.0686. The molecule has 1 fully saturated rings. The van der Waals surface area contributed by atoms with Crippen molar-refractivity contribution >= 4 is 15.9 Å². The molecule has 1 aromatic carbocycles. The number of H-pyrrole nitrogens is 1. The van der Waals surface area contributed by atoms with Crippen molar-refractivity contribution in [3.8, 4) is 5.75 Å². The number of aromatic nitrogens is 2. The molecule has 0 saturated heterocycles. The van der Waals surface area contributed by atoms with E-state index in [1.807, 2.05) is 12.1 Å². The van der Waals surface area contributed by atoms with Crippen molar-refractivity contribution in [3.63, 3.8) is 0 Å². The van der Waals surface area contributed by atoms with Gasteiger partial charge >= 0.3 is 0 Å². The van der Waals surface area contributed by atoms with Gasteiger partial charge in [0.25, 0.3) is 15.9 Å². The van der Waals surface area contributed by atoms with E-state index in [4.69, 9.17) is 4.74 Å². The molecule has 4 rings (SSSR count). The normalized spacial score (nSPS) is 23.8. The Balaban J connectivity index is 1.74. The summed E-state index contributed by atoms with van der Waals surface area (Å²) >= 11 is 0. The first kappa shape index (κ1) is 21.8. The third-order valence-corrected chi connectivity index (χ3v) is 8.00. The van der Waals surface area contributed by atoms with E-state index >= 15 is 0 Å². The lowest BCUT2D eigenvalue weighted by Gasteiger charge is -2.39. The van der Waals surface area contributed by atoms with E-state index < -0.39 is 10.0 Å². The highest BCUT2D eigenvalue weighted by atomic mass is 32.2. The zero-order valence-electron chi connectivity index (χ0n) is 18.1. The number of imidazole rings is 1. The molecule has 2 atom stereocenters. The predicted molar refractivity (Wildman–Crippen MR) is 117 cm³/mol. The van der Waals surface area contributed by atoms with E-state index in [0.29, 0.717) is 36.6 Å². The monoisotopic (exact) mass is 446 g/mol. The fourth-order valence-electron chi connectivity index (χ4n) is 4.50. The van der Waals surface area contributed by atoms with Gasteiger partial charge in [-0.25, -0.2) is 13.4 Å². The Kier molecular flexibility index (Phi) is 6.34. The molecule has 168 valence electrons. The van der Waals surface area contributed by atoms with E-state index in [1.54, 1.807) is 35.3 Å². The maximum atomic E-state index is 13.6. The van der Waals surface area contributed by atoms with Gasteiger partial charge in [0.15, 0.2) is 5.03 Å². The fourth-order valence-corrected chi connectivity index (χ4v) is 6.18. The van der Waals surface area contributed by atoms with Crippen molar-refractivity contribution in [3.05, 3.63) is 41.9 Å². The molecule has 2 aliphatic rings. The zero-order valence-corrected chi connectivity index (χ0v) is 18.9. The third kappa shape index (κ3) is 4.48. The number of carbonyl (C=O) groups excluding carboxylic acids is 1. The van der Waals surface area contributed by atoms with Gasteiger partial charge in [0.1, 0.15) is 17.7 Å². The molecule has 9 heteroatoms. The Morgan fingerprint density at radius 3 is 2.61 bits per heavy atom. The first-order chi connectivity index (χ1) is 14.9. The number of carbonyl (C=O) groups is 1.